The highest BCUT2D eigenvalue weighted by Crippen LogP contribution is 2.17. The summed E-state index contributed by atoms with van der Waals surface area (Å²) in [6.07, 6.45) is 0. The van der Waals surface area contributed by atoms with E-state index in [9.17, 15) is 4.79 Å². The molecule has 3 N–H and O–H groups in total. The van der Waals surface area contributed by atoms with Gasteiger partial charge < -0.3 is 15.3 Å². The third kappa shape index (κ3) is 1.86. The van der Waals surface area contributed by atoms with Gasteiger partial charge in [-0.2, -0.15) is 0 Å². The highest BCUT2D eigenvalue weighted by molar-refractivity contribution is 5.86. The van der Waals surface area contributed by atoms with Crippen LogP contribution in [0, 0.1) is 0 Å². The number of hydrogen-bond acceptors (Lipinski definition) is 4. The van der Waals surface area contributed by atoms with E-state index in [1.807, 2.05) is 13.8 Å². The second kappa shape index (κ2) is 3.57. The van der Waals surface area contributed by atoms with E-state index in [4.69, 9.17) is 15.3 Å². The molecule has 1 heterocycles. The first-order chi connectivity index (χ1) is 6.06. The molecule has 13 heavy (non-hydrogen) atoms. The Hall–Kier alpha value is -1.36. The summed E-state index contributed by atoms with van der Waals surface area (Å²) >= 11 is 0. The van der Waals surface area contributed by atoms with E-state index < -0.39 is 5.97 Å². The zero-order chi connectivity index (χ0) is 10.0. The van der Waals surface area contributed by atoms with Gasteiger partial charge in [0.2, 0.25) is 0 Å². The third-order valence-electron chi connectivity index (χ3n) is 1.60. The van der Waals surface area contributed by atoms with Crippen LogP contribution in [-0.4, -0.2) is 16.1 Å². The van der Waals surface area contributed by atoms with Crippen LogP contribution in [0.15, 0.2) is 4.42 Å². The SMILES string of the molecule is CC(C)c1nc(C(=O)O)c(CN)o1. The molecule has 0 aromatic carbocycles. The van der Waals surface area contributed by atoms with Crippen molar-refractivity contribution in [3.63, 3.8) is 0 Å². The van der Waals surface area contributed by atoms with Crippen molar-refractivity contribution in [2.45, 2.75) is 26.3 Å². The summed E-state index contributed by atoms with van der Waals surface area (Å²) in [5, 5.41) is 8.71. The number of nitrogens with zero attached hydrogens (tertiary/aromatic N) is 1. The lowest BCUT2D eigenvalue weighted by molar-refractivity contribution is 0.0688. The first-order valence-electron chi connectivity index (χ1n) is 3.99. The average Bonchev–Trinajstić information content (AvgIpc) is 2.47. The second-order valence-electron chi connectivity index (χ2n) is 2.99. The predicted molar refractivity (Wildman–Crippen MR) is 45.4 cm³/mol. The zero-order valence-electron chi connectivity index (χ0n) is 7.57. The van der Waals surface area contributed by atoms with Crippen LogP contribution in [0.25, 0.3) is 0 Å². The van der Waals surface area contributed by atoms with Gasteiger partial charge in [0.25, 0.3) is 0 Å². The van der Waals surface area contributed by atoms with E-state index in [0.29, 0.717) is 5.89 Å². The first-order valence-corrected chi connectivity index (χ1v) is 3.99. The summed E-state index contributed by atoms with van der Waals surface area (Å²) in [6.45, 7) is 3.80. The second-order valence-corrected chi connectivity index (χ2v) is 2.99. The Morgan fingerprint density at radius 3 is 2.62 bits per heavy atom. The van der Waals surface area contributed by atoms with Crippen LogP contribution in [0.5, 0.6) is 0 Å². The lowest BCUT2D eigenvalue weighted by atomic mass is 10.2. The number of hydrogen-bond donors (Lipinski definition) is 2. The Labute approximate surface area is 75.6 Å². The van der Waals surface area contributed by atoms with E-state index in [1.165, 1.54) is 0 Å². The minimum absolute atomic E-state index is 0.0569. The number of aromatic nitrogens is 1. The van der Waals surface area contributed by atoms with E-state index in [0.717, 1.165) is 0 Å². The van der Waals surface area contributed by atoms with E-state index in [1.54, 1.807) is 0 Å². The minimum Gasteiger partial charge on any atom is -0.476 e. The molecule has 1 aromatic heterocycles. The molecule has 0 atom stereocenters. The van der Waals surface area contributed by atoms with Crippen molar-refractivity contribution in [3.05, 3.63) is 17.3 Å². The van der Waals surface area contributed by atoms with Crippen LogP contribution in [0.3, 0.4) is 0 Å². The maximum absolute atomic E-state index is 10.6. The van der Waals surface area contributed by atoms with Gasteiger partial charge in [-0.15, -0.1) is 0 Å². The summed E-state index contributed by atoms with van der Waals surface area (Å²) in [4.78, 5) is 14.5. The molecule has 0 unspecified atom stereocenters. The van der Waals surface area contributed by atoms with Crippen LogP contribution < -0.4 is 5.73 Å². The molecule has 0 aliphatic carbocycles. The number of oxazole rings is 1. The molecule has 0 saturated heterocycles. The number of aromatic carboxylic acids is 1. The predicted octanol–water partition coefficient (Wildman–Crippen LogP) is 0.955. The zero-order valence-corrected chi connectivity index (χ0v) is 7.57. The molecule has 0 saturated carbocycles. The molecular formula is C8H12N2O3. The van der Waals surface area contributed by atoms with Crippen LogP contribution in [0.2, 0.25) is 0 Å². The first kappa shape index (κ1) is 9.73. The van der Waals surface area contributed by atoms with Gasteiger partial charge in [-0.25, -0.2) is 9.78 Å². The molecule has 0 spiro atoms. The van der Waals surface area contributed by atoms with Crippen molar-refractivity contribution in [1.82, 2.24) is 4.98 Å². The number of carbonyl (C=O) groups is 1. The molecule has 0 amide bonds. The van der Waals surface area contributed by atoms with Crippen LogP contribution in [0.1, 0.15) is 41.9 Å². The lowest BCUT2D eigenvalue weighted by Crippen LogP contribution is -2.05. The molecule has 5 heteroatoms. The fourth-order valence-corrected chi connectivity index (χ4v) is 0.922. The Bertz CT molecular complexity index is 317. The molecule has 0 fully saturated rings. The highest BCUT2D eigenvalue weighted by Gasteiger charge is 2.19. The maximum Gasteiger partial charge on any atom is 0.358 e. The van der Waals surface area contributed by atoms with Crippen molar-refractivity contribution < 1.29 is 14.3 Å². The number of carboxylic acid groups (broad SMARTS) is 1. The summed E-state index contributed by atoms with van der Waals surface area (Å²) in [5.74, 6) is -0.386. The summed E-state index contributed by atoms with van der Waals surface area (Å²) < 4.78 is 5.17. The molecule has 0 bridgehead atoms. The monoisotopic (exact) mass is 184 g/mol. The van der Waals surface area contributed by atoms with Gasteiger partial charge in [0.05, 0.1) is 6.54 Å². The Balaban J connectivity index is 3.11. The van der Waals surface area contributed by atoms with Crippen molar-refractivity contribution in [2.75, 3.05) is 0 Å². The topological polar surface area (TPSA) is 89.3 Å². The average molecular weight is 184 g/mol. The van der Waals surface area contributed by atoms with Crippen LogP contribution in [0.4, 0.5) is 0 Å². The molecular weight excluding hydrogens is 172 g/mol. The fraction of sp³-hybridized carbons (Fsp3) is 0.500. The van der Waals surface area contributed by atoms with Gasteiger partial charge in [-0.05, 0) is 0 Å². The van der Waals surface area contributed by atoms with Gasteiger partial charge in [-0.3, -0.25) is 0 Å². The Kier molecular flexibility index (Phi) is 2.67. The summed E-state index contributed by atoms with van der Waals surface area (Å²) in [5.41, 5.74) is 5.23. The van der Waals surface area contributed by atoms with E-state index >= 15 is 0 Å². The highest BCUT2D eigenvalue weighted by atomic mass is 16.4. The van der Waals surface area contributed by atoms with E-state index in [2.05, 4.69) is 4.98 Å². The Morgan fingerprint density at radius 2 is 2.31 bits per heavy atom. The smallest absolute Gasteiger partial charge is 0.358 e. The van der Waals surface area contributed by atoms with Crippen LogP contribution >= 0.6 is 0 Å². The molecule has 1 rings (SSSR count). The number of carboxylic acids is 1. The van der Waals surface area contributed by atoms with Gasteiger partial charge in [-0.1, -0.05) is 13.8 Å². The molecule has 0 radical (unpaired) electrons. The number of rotatable bonds is 3. The van der Waals surface area contributed by atoms with Gasteiger partial charge in [0.1, 0.15) is 0 Å². The van der Waals surface area contributed by atoms with Crippen molar-refractivity contribution in [2.24, 2.45) is 5.73 Å². The largest absolute Gasteiger partial charge is 0.476 e. The summed E-state index contributed by atoms with van der Waals surface area (Å²) in [7, 11) is 0. The minimum atomic E-state index is -1.10. The standard InChI is InChI=1S/C8H12N2O3/c1-4(2)7-10-6(8(11)12)5(3-9)13-7/h4H,3,9H2,1-2H3,(H,11,12). The quantitative estimate of drug-likeness (QED) is 0.730. The van der Waals surface area contributed by atoms with Crippen molar-refractivity contribution in [1.29, 1.82) is 0 Å². The molecule has 72 valence electrons. The molecule has 0 aliphatic rings. The van der Waals surface area contributed by atoms with Crippen molar-refractivity contribution in [3.8, 4) is 0 Å². The van der Waals surface area contributed by atoms with Gasteiger partial charge >= 0.3 is 5.97 Å². The van der Waals surface area contributed by atoms with Gasteiger partial charge in [0.15, 0.2) is 17.3 Å². The summed E-state index contributed by atoms with van der Waals surface area (Å²) in [6, 6.07) is 0. The Morgan fingerprint density at radius 1 is 1.69 bits per heavy atom. The van der Waals surface area contributed by atoms with Gasteiger partial charge in [0, 0.05) is 5.92 Å². The van der Waals surface area contributed by atoms with Crippen molar-refractivity contribution >= 4 is 5.97 Å². The lowest BCUT2D eigenvalue weighted by Gasteiger charge is -1.94. The molecule has 1 aromatic rings. The number of nitrogens with two attached hydrogens (primary N) is 1. The molecule has 0 aliphatic heterocycles. The third-order valence-corrected chi connectivity index (χ3v) is 1.60. The van der Waals surface area contributed by atoms with E-state index in [-0.39, 0.29) is 23.9 Å². The fourth-order valence-electron chi connectivity index (χ4n) is 0.922. The maximum atomic E-state index is 10.6. The normalized spacial score (nSPS) is 10.8. The van der Waals surface area contributed by atoms with Crippen LogP contribution in [-0.2, 0) is 6.54 Å². The molecule has 5 nitrogen and oxygen atoms in total.